The van der Waals surface area contributed by atoms with Gasteiger partial charge in [0, 0.05) is 28.6 Å². The minimum Gasteiger partial charge on any atom is -0.462 e. The van der Waals surface area contributed by atoms with Crippen LogP contribution in [0.2, 0.25) is 5.02 Å². The molecular weight excluding hydrogens is 364 g/mol. The van der Waals surface area contributed by atoms with E-state index in [1.807, 2.05) is 0 Å². The zero-order valence-corrected chi connectivity index (χ0v) is 14.5. The summed E-state index contributed by atoms with van der Waals surface area (Å²) in [6.45, 7) is 1.70. The van der Waals surface area contributed by atoms with Gasteiger partial charge in [0.25, 0.3) is 0 Å². The molecule has 0 spiro atoms. The number of aromatic nitrogens is 1. The Bertz CT molecular complexity index is 1050. The summed E-state index contributed by atoms with van der Waals surface area (Å²) in [6.07, 6.45) is 1.21. The molecule has 1 N–H and O–H groups in total. The highest BCUT2D eigenvalue weighted by Crippen LogP contribution is 2.24. The van der Waals surface area contributed by atoms with Crippen molar-refractivity contribution in [2.45, 2.75) is 13.3 Å². The van der Waals surface area contributed by atoms with Crippen molar-refractivity contribution in [3.05, 3.63) is 80.1 Å². The van der Waals surface area contributed by atoms with Crippen LogP contribution in [0.1, 0.15) is 28.4 Å². The number of pyridine rings is 1. The molecule has 0 fully saturated rings. The van der Waals surface area contributed by atoms with Crippen molar-refractivity contribution in [2.75, 3.05) is 6.61 Å². The molecule has 0 bridgehead atoms. The molecule has 0 amide bonds. The lowest BCUT2D eigenvalue weighted by Gasteiger charge is -2.10. The SMILES string of the molecule is CCOC(=O)c1c[nH]c2c(Cc3ccc(Cl)cc3)c(F)c(F)cc2c1=O. The van der Waals surface area contributed by atoms with Crippen LogP contribution in [0, 0.1) is 11.6 Å². The lowest BCUT2D eigenvalue weighted by Crippen LogP contribution is -2.19. The summed E-state index contributed by atoms with van der Waals surface area (Å²) in [7, 11) is 0. The van der Waals surface area contributed by atoms with Gasteiger partial charge in [-0.25, -0.2) is 13.6 Å². The van der Waals surface area contributed by atoms with Crippen molar-refractivity contribution in [3.8, 4) is 0 Å². The third-order valence-electron chi connectivity index (χ3n) is 3.96. The molecule has 0 saturated heterocycles. The predicted octanol–water partition coefficient (Wildman–Crippen LogP) is 4.23. The number of ether oxygens (including phenoxy) is 1. The van der Waals surface area contributed by atoms with Crippen LogP contribution in [0.3, 0.4) is 0 Å². The van der Waals surface area contributed by atoms with Crippen LogP contribution in [0.25, 0.3) is 10.9 Å². The van der Waals surface area contributed by atoms with Gasteiger partial charge in [0.15, 0.2) is 11.6 Å². The Balaban J connectivity index is 2.18. The molecule has 134 valence electrons. The Kier molecular flexibility index (Phi) is 5.04. The number of hydrogen-bond donors (Lipinski definition) is 1. The van der Waals surface area contributed by atoms with Crippen LogP contribution in [0.15, 0.2) is 41.3 Å². The molecule has 0 radical (unpaired) electrons. The minimum atomic E-state index is -1.16. The first kappa shape index (κ1) is 18.1. The van der Waals surface area contributed by atoms with Crippen LogP contribution in [-0.2, 0) is 11.2 Å². The molecule has 3 aromatic rings. The highest BCUT2D eigenvalue weighted by atomic mass is 35.5. The summed E-state index contributed by atoms with van der Waals surface area (Å²) in [6, 6.07) is 7.43. The second-order valence-electron chi connectivity index (χ2n) is 5.63. The molecule has 0 unspecified atom stereocenters. The number of benzene rings is 2. The van der Waals surface area contributed by atoms with Crippen molar-refractivity contribution in [1.29, 1.82) is 0 Å². The van der Waals surface area contributed by atoms with E-state index >= 15 is 0 Å². The van der Waals surface area contributed by atoms with E-state index in [1.165, 1.54) is 0 Å². The van der Waals surface area contributed by atoms with Crippen LogP contribution >= 0.6 is 11.6 Å². The van der Waals surface area contributed by atoms with Gasteiger partial charge >= 0.3 is 5.97 Å². The van der Waals surface area contributed by atoms with E-state index in [4.69, 9.17) is 16.3 Å². The Hall–Kier alpha value is -2.73. The number of fused-ring (bicyclic) bond motifs is 1. The van der Waals surface area contributed by atoms with Crippen LogP contribution < -0.4 is 5.43 Å². The molecule has 0 aliphatic rings. The van der Waals surface area contributed by atoms with Gasteiger partial charge in [-0.1, -0.05) is 23.7 Å². The van der Waals surface area contributed by atoms with Crippen LogP contribution in [0.4, 0.5) is 8.78 Å². The molecule has 0 atom stereocenters. The van der Waals surface area contributed by atoms with E-state index in [1.54, 1.807) is 31.2 Å². The molecule has 26 heavy (non-hydrogen) atoms. The van der Waals surface area contributed by atoms with E-state index in [9.17, 15) is 18.4 Å². The van der Waals surface area contributed by atoms with Crippen molar-refractivity contribution < 1.29 is 18.3 Å². The van der Waals surface area contributed by atoms with Crippen molar-refractivity contribution in [3.63, 3.8) is 0 Å². The normalized spacial score (nSPS) is 10.9. The fraction of sp³-hybridized carbons (Fsp3) is 0.158. The summed E-state index contributed by atoms with van der Waals surface area (Å²) in [5.41, 5.74) is -0.154. The fourth-order valence-corrected chi connectivity index (χ4v) is 2.84. The summed E-state index contributed by atoms with van der Waals surface area (Å²) >= 11 is 5.83. The zero-order valence-electron chi connectivity index (χ0n) is 13.7. The summed E-state index contributed by atoms with van der Waals surface area (Å²) in [5, 5.41) is 0.407. The standard InChI is InChI=1S/C19H14ClF2NO3/c1-2-26-19(25)14-9-23-17-12(7-10-3-5-11(20)6-4-10)16(22)15(21)8-13(17)18(14)24/h3-6,8-9H,2,7H2,1H3,(H,23,24). The number of halogens is 3. The summed E-state index contributed by atoms with van der Waals surface area (Å²) in [4.78, 5) is 27.1. The first-order valence-electron chi connectivity index (χ1n) is 7.86. The van der Waals surface area contributed by atoms with E-state index < -0.39 is 23.0 Å². The molecule has 1 heterocycles. The quantitative estimate of drug-likeness (QED) is 0.692. The molecule has 0 aliphatic heterocycles. The zero-order chi connectivity index (χ0) is 18.8. The average molecular weight is 378 g/mol. The molecule has 7 heteroatoms. The maximum Gasteiger partial charge on any atom is 0.343 e. The fourth-order valence-electron chi connectivity index (χ4n) is 2.71. The summed E-state index contributed by atoms with van der Waals surface area (Å²) < 4.78 is 33.3. The van der Waals surface area contributed by atoms with Gasteiger partial charge in [0.2, 0.25) is 5.43 Å². The number of hydrogen-bond acceptors (Lipinski definition) is 3. The van der Waals surface area contributed by atoms with Crippen molar-refractivity contribution in [1.82, 2.24) is 4.98 Å². The van der Waals surface area contributed by atoms with Gasteiger partial charge in [0.05, 0.1) is 12.1 Å². The van der Waals surface area contributed by atoms with Gasteiger partial charge in [-0.2, -0.15) is 0 Å². The predicted molar refractivity (Wildman–Crippen MR) is 94.7 cm³/mol. The average Bonchev–Trinajstić information content (AvgIpc) is 2.61. The summed E-state index contributed by atoms with van der Waals surface area (Å²) in [5.74, 6) is -3.03. The maximum atomic E-state index is 14.4. The molecule has 4 nitrogen and oxygen atoms in total. The third kappa shape index (κ3) is 3.32. The lowest BCUT2D eigenvalue weighted by molar-refractivity contribution is 0.0524. The van der Waals surface area contributed by atoms with E-state index in [0.717, 1.165) is 12.3 Å². The second-order valence-corrected chi connectivity index (χ2v) is 6.07. The molecule has 0 aliphatic carbocycles. The third-order valence-corrected chi connectivity index (χ3v) is 4.21. The number of aromatic amines is 1. The van der Waals surface area contributed by atoms with Gasteiger partial charge in [-0.15, -0.1) is 0 Å². The second kappa shape index (κ2) is 7.25. The number of carbonyl (C=O) groups excluding carboxylic acids is 1. The highest BCUT2D eigenvalue weighted by Gasteiger charge is 2.20. The Morgan fingerprint density at radius 3 is 2.58 bits per heavy atom. The number of H-pyrrole nitrogens is 1. The molecule has 0 saturated carbocycles. The monoisotopic (exact) mass is 377 g/mol. The van der Waals surface area contributed by atoms with Crippen molar-refractivity contribution >= 4 is 28.5 Å². The Morgan fingerprint density at radius 2 is 1.92 bits per heavy atom. The molecule has 2 aromatic carbocycles. The van der Waals surface area contributed by atoms with Crippen LogP contribution in [0.5, 0.6) is 0 Å². The number of rotatable bonds is 4. The van der Waals surface area contributed by atoms with Gasteiger partial charge in [0.1, 0.15) is 5.56 Å². The van der Waals surface area contributed by atoms with Gasteiger partial charge < -0.3 is 9.72 Å². The molecule has 3 rings (SSSR count). The van der Waals surface area contributed by atoms with Crippen LogP contribution in [-0.4, -0.2) is 17.6 Å². The largest absolute Gasteiger partial charge is 0.462 e. The molecular formula is C19H14ClF2NO3. The lowest BCUT2D eigenvalue weighted by atomic mass is 10.00. The number of carbonyl (C=O) groups is 1. The highest BCUT2D eigenvalue weighted by molar-refractivity contribution is 6.30. The van der Waals surface area contributed by atoms with Gasteiger partial charge in [-0.3, -0.25) is 4.79 Å². The first-order chi connectivity index (χ1) is 12.4. The topological polar surface area (TPSA) is 59.2 Å². The van der Waals surface area contributed by atoms with E-state index in [0.29, 0.717) is 10.6 Å². The van der Waals surface area contributed by atoms with Gasteiger partial charge in [-0.05, 0) is 30.7 Å². The van der Waals surface area contributed by atoms with E-state index in [2.05, 4.69) is 4.98 Å². The Morgan fingerprint density at radius 1 is 1.23 bits per heavy atom. The smallest absolute Gasteiger partial charge is 0.343 e. The number of esters is 1. The minimum absolute atomic E-state index is 0.00479. The van der Waals surface area contributed by atoms with Crippen molar-refractivity contribution in [2.24, 2.45) is 0 Å². The van der Waals surface area contributed by atoms with E-state index in [-0.39, 0.29) is 35.1 Å². The Labute approximate surface area is 152 Å². The molecule has 1 aromatic heterocycles. The number of nitrogens with one attached hydrogen (secondary N) is 1. The maximum absolute atomic E-state index is 14.4. The first-order valence-corrected chi connectivity index (χ1v) is 8.24.